The molecule has 1 amide bonds. The Hall–Kier alpha value is -3.96. The lowest BCUT2D eigenvalue weighted by Crippen LogP contribution is -2.34. The fourth-order valence-electron chi connectivity index (χ4n) is 3.79. The zero-order chi connectivity index (χ0) is 28.7. The van der Waals surface area contributed by atoms with Gasteiger partial charge in [-0.2, -0.15) is 8.78 Å². The zero-order valence-electron chi connectivity index (χ0n) is 21.3. The molecule has 2 aromatic carbocycles. The second kappa shape index (κ2) is 13.2. The second-order valence-electron chi connectivity index (χ2n) is 8.62. The first-order valence-corrected chi connectivity index (χ1v) is 12.2. The van der Waals surface area contributed by atoms with Crippen LogP contribution < -0.4 is 20.3 Å². The summed E-state index contributed by atoms with van der Waals surface area (Å²) in [4.78, 5) is 37.8. The minimum Gasteiger partial charge on any atom is -0.495 e. The number of ether oxygens (including phenoxy) is 3. The second-order valence-corrected chi connectivity index (χ2v) is 9.05. The maximum Gasteiger partial charge on any atom is 0.387 e. The Kier molecular flexibility index (Phi) is 10.0. The monoisotopic (exact) mass is 564 g/mol. The number of benzene rings is 2. The molecule has 12 heteroatoms. The van der Waals surface area contributed by atoms with Gasteiger partial charge in [-0.15, -0.1) is 0 Å². The minimum atomic E-state index is -3.12. The van der Waals surface area contributed by atoms with Crippen molar-refractivity contribution >= 4 is 29.2 Å². The average molecular weight is 565 g/mol. The van der Waals surface area contributed by atoms with Crippen molar-refractivity contribution in [2.45, 2.75) is 39.0 Å². The van der Waals surface area contributed by atoms with Crippen LogP contribution in [-0.2, 0) is 9.53 Å². The third-order valence-electron chi connectivity index (χ3n) is 5.59. The molecule has 0 aliphatic rings. The molecule has 1 aromatic heterocycles. The van der Waals surface area contributed by atoms with Crippen LogP contribution in [0.15, 0.2) is 59.5 Å². The zero-order valence-corrected chi connectivity index (χ0v) is 22.1. The Morgan fingerprint density at radius 2 is 1.72 bits per heavy atom. The molecule has 0 aliphatic carbocycles. The first kappa shape index (κ1) is 29.6. The van der Waals surface area contributed by atoms with E-state index in [4.69, 9.17) is 26.2 Å². The van der Waals surface area contributed by atoms with Crippen molar-refractivity contribution in [1.29, 1.82) is 0 Å². The molecule has 0 saturated carbocycles. The number of nitrogens with one attached hydrogen (secondary N) is 1. The summed E-state index contributed by atoms with van der Waals surface area (Å²) in [6.45, 7) is 0.681. The van der Waals surface area contributed by atoms with E-state index in [-0.39, 0.29) is 52.3 Å². The number of anilines is 1. The molecule has 0 saturated heterocycles. The number of hydrogen-bond acceptors (Lipinski definition) is 6. The summed E-state index contributed by atoms with van der Waals surface area (Å²) in [6, 6.07) is 9.61. The smallest absolute Gasteiger partial charge is 0.387 e. The van der Waals surface area contributed by atoms with E-state index in [2.05, 4.69) is 10.1 Å². The summed E-state index contributed by atoms with van der Waals surface area (Å²) in [5.74, 6) is -1.79. The van der Waals surface area contributed by atoms with Crippen LogP contribution in [0.25, 0.3) is 11.1 Å². The molecule has 1 atom stereocenters. The number of halogens is 3. The molecular formula is C27H27ClF2N2O7. The molecule has 3 aromatic rings. The van der Waals surface area contributed by atoms with Crippen LogP contribution in [0, 0.1) is 0 Å². The van der Waals surface area contributed by atoms with E-state index in [9.17, 15) is 23.2 Å². The highest BCUT2D eigenvalue weighted by molar-refractivity contribution is 6.31. The number of hydrogen-bond donors (Lipinski definition) is 2. The van der Waals surface area contributed by atoms with Gasteiger partial charge < -0.3 is 24.6 Å². The fourth-order valence-corrected chi connectivity index (χ4v) is 3.96. The third-order valence-corrected chi connectivity index (χ3v) is 5.83. The van der Waals surface area contributed by atoms with Crippen LogP contribution >= 0.6 is 11.6 Å². The first-order chi connectivity index (χ1) is 18.5. The number of rotatable bonds is 12. The number of aromatic nitrogens is 1. The number of carbonyl (C=O) groups is 2. The Morgan fingerprint density at radius 3 is 2.31 bits per heavy atom. The molecule has 3 rings (SSSR count). The number of carbonyl (C=O) groups excluding carboxylic acids is 1. The van der Waals surface area contributed by atoms with E-state index in [1.165, 1.54) is 55.8 Å². The van der Waals surface area contributed by atoms with Crippen molar-refractivity contribution in [2.24, 2.45) is 0 Å². The molecular weight excluding hydrogens is 538 g/mol. The van der Waals surface area contributed by atoms with Gasteiger partial charge in [0, 0.05) is 40.9 Å². The van der Waals surface area contributed by atoms with Crippen molar-refractivity contribution in [3.8, 4) is 22.6 Å². The molecule has 0 aliphatic heterocycles. The molecule has 0 bridgehead atoms. The van der Waals surface area contributed by atoms with Crippen molar-refractivity contribution in [2.75, 3.05) is 19.0 Å². The van der Waals surface area contributed by atoms with Crippen LogP contribution in [0.3, 0.4) is 0 Å². The van der Waals surface area contributed by atoms with Gasteiger partial charge in [-0.05, 0) is 56.3 Å². The van der Waals surface area contributed by atoms with Gasteiger partial charge in [-0.25, -0.2) is 4.79 Å². The van der Waals surface area contributed by atoms with Crippen LogP contribution in [-0.4, -0.2) is 48.0 Å². The molecule has 0 fully saturated rings. The number of alkyl halides is 2. The van der Waals surface area contributed by atoms with E-state index >= 15 is 0 Å². The molecule has 0 radical (unpaired) electrons. The number of carboxylic acid groups (broad SMARTS) is 1. The molecule has 2 N–H and O–H groups in total. The lowest BCUT2D eigenvalue weighted by atomic mass is 10.0. The standard InChI is InChI=1S/C27H27ClF2N2O7/c1-15(2)38-11-10-21(25(34)31-18-7-4-16(5-8-18)26(35)36)32-14-23(37-3)20(13-24(32)33)19-12-17(28)6-9-22(19)39-27(29)30/h4-9,12-15,21,27H,10-11H2,1-3H3,(H,31,34)(H,35,36). The van der Waals surface area contributed by atoms with Gasteiger partial charge in [-0.3, -0.25) is 14.2 Å². The van der Waals surface area contributed by atoms with Gasteiger partial charge in [0.15, 0.2) is 0 Å². The van der Waals surface area contributed by atoms with Gasteiger partial charge in [0.1, 0.15) is 17.5 Å². The number of pyridine rings is 1. The van der Waals surface area contributed by atoms with Crippen LogP contribution in [0.2, 0.25) is 5.02 Å². The van der Waals surface area contributed by atoms with E-state index in [1.54, 1.807) is 0 Å². The normalized spacial score (nSPS) is 11.9. The van der Waals surface area contributed by atoms with Crippen molar-refractivity contribution in [3.05, 3.63) is 75.7 Å². The number of aromatic carboxylic acids is 1. The molecule has 9 nitrogen and oxygen atoms in total. The Morgan fingerprint density at radius 1 is 1.05 bits per heavy atom. The van der Waals surface area contributed by atoms with E-state index in [0.29, 0.717) is 5.69 Å². The summed E-state index contributed by atoms with van der Waals surface area (Å²) in [6.07, 6.45) is 1.29. The van der Waals surface area contributed by atoms with Gasteiger partial charge in [0.2, 0.25) is 5.91 Å². The average Bonchev–Trinajstić information content (AvgIpc) is 2.87. The number of carboxylic acids is 1. The molecule has 39 heavy (non-hydrogen) atoms. The Labute approximate surface area is 227 Å². The summed E-state index contributed by atoms with van der Waals surface area (Å²) < 4.78 is 42.8. The Balaban J connectivity index is 2.03. The molecule has 1 heterocycles. The predicted molar refractivity (Wildman–Crippen MR) is 141 cm³/mol. The van der Waals surface area contributed by atoms with E-state index in [1.807, 2.05) is 13.8 Å². The topological polar surface area (TPSA) is 116 Å². The van der Waals surface area contributed by atoms with Crippen LogP contribution in [0.1, 0.15) is 36.7 Å². The van der Waals surface area contributed by atoms with Gasteiger partial charge in [0.05, 0.1) is 25.0 Å². The summed E-state index contributed by atoms with van der Waals surface area (Å²) in [7, 11) is 1.33. The van der Waals surface area contributed by atoms with Crippen LogP contribution in [0.5, 0.6) is 11.5 Å². The minimum absolute atomic E-state index is 0.0441. The number of methoxy groups -OCH3 is 1. The molecule has 1 unspecified atom stereocenters. The van der Waals surface area contributed by atoms with Crippen molar-refractivity contribution in [3.63, 3.8) is 0 Å². The molecule has 0 spiro atoms. The van der Waals surface area contributed by atoms with Crippen molar-refractivity contribution < 1.29 is 37.7 Å². The highest BCUT2D eigenvalue weighted by Gasteiger charge is 2.25. The molecule has 208 valence electrons. The maximum absolute atomic E-state index is 13.3. The van der Waals surface area contributed by atoms with Gasteiger partial charge in [0.25, 0.3) is 5.56 Å². The van der Waals surface area contributed by atoms with Crippen LogP contribution in [0.4, 0.5) is 14.5 Å². The van der Waals surface area contributed by atoms with Gasteiger partial charge >= 0.3 is 12.6 Å². The summed E-state index contributed by atoms with van der Waals surface area (Å²) in [5, 5.41) is 12.0. The highest BCUT2D eigenvalue weighted by Crippen LogP contribution is 2.38. The lowest BCUT2D eigenvalue weighted by molar-refractivity contribution is -0.120. The van der Waals surface area contributed by atoms with E-state index < -0.39 is 30.1 Å². The summed E-state index contributed by atoms with van der Waals surface area (Å²) in [5.41, 5.74) is -0.0169. The largest absolute Gasteiger partial charge is 0.495 e. The quantitative estimate of drug-likeness (QED) is 0.299. The maximum atomic E-state index is 13.3. The first-order valence-electron chi connectivity index (χ1n) is 11.8. The number of amides is 1. The SMILES string of the molecule is COc1cn(C(CCOC(C)C)C(=O)Nc2ccc(C(=O)O)cc2)c(=O)cc1-c1cc(Cl)ccc1OC(F)F. The van der Waals surface area contributed by atoms with E-state index in [0.717, 1.165) is 10.6 Å². The predicted octanol–water partition coefficient (Wildman–Crippen LogP) is 5.47. The lowest BCUT2D eigenvalue weighted by Gasteiger charge is -2.22. The highest BCUT2D eigenvalue weighted by atomic mass is 35.5. The summed E-state index contributed by atoms with van der Waals surface area (Å²) >= 11 is 6.08. The third kappa shape index (κ3) is 7.78. The number of nitrogens with zero attached hydrogens (tertiary/aromatic N) is 1. The fraction of sp³-hybridized carbons (Fsp3) is 0.296. The van der Waals surface area contributed by atoms with Crippen molar-refractivity contribution in [1.82, 2.24) is 4.57 Å². The van der Waals surface area contributed by atoms with Gasteiger partial charge in [-0.1, -0.05) is 11.6 Å². The Bertz CT molecular complexity index is 1380.